The number of epoxide rings is 1. The quantitative estimate of drug-likeness (QED) is 0.537. The first kappa shape index (κ1) is 8.06. The van der Waals surface area contributed by atoms with Gasteiger partial charge in [0.05, 0.1) is 12.7 Å². The van der Waals surface area contributed by atoms with Crippen molar-refractivity contribution in [2.75, 3.05) is 6.61 Å². The molecule has 0 saturated carbocycles. The summed E-state index contributed by atoms with van der Waals surface area (Å²) in [5, 5.41) is 0. The summed E-state index contributed by atoms with van der Waals surface area (Å²) in [5.74, 6) is 0.882. The molecule has 1 saturated heterocycles. The van der Waals surface area contributed by atoms with E-state index in [1.54, 1.807) is 0 Å². The van der Waals surface area contributed by atoms with E-state index in [2.05, 4.69) is 13.8 Å². The van der Waals surface area contributed by atoms with Gasteiger partial charge in [-0.3, -0.25) is 0 Å². The number of rotatable bonds is 5. The third kappa shape index (κ3) is 3.21. The van der Waals surface area contributed by atoms with Crippen LogP contribution >= 0.6 is 0 Å². The van der Waals surface area contributed by atoms with Crippen molar-refractivity contribution in [3.8, 4) is 0 Å². The topological polar surface area (TPSA) is 12.5 Å². The normalized spacial score (nSPS) is 26.4. The lowest BCUT2D eigenvalue weighted by atomic mass is 9.99. The molecule has 1 rings (SSSR count). The van der Waals surface area contributed by atoms with Gasteiger partial charge in [-0.25, -0.2) is 0 Å². The molecule has 1 heteroatoms. The Morgan fingerprint density at radius 1 is 1.60 bits per heavy atom. The van der Waals surface area contributed by atoms with Crippen LogP contribution in [0.4, 0.5) is 0 Å². The standard InChI is InChI=1S/C9H18O/c1-3-4-5-8(2)6-9-7-10-9/h8-9H,3-7H2,1-2H3/t8-,9?/m1/s1. The Morgan fingerprint density at radius 3 is 2.80 bits per heavy atom. The minimum absolute atomic E-state index is 0.631. The molecule has 0 aliphatic carbocycles. The molecule has 0 aromatic rings. The van der Waals surface area contributed by atoms with E-state index in [0.717, 1.165) is 12.5 Å². The van der Waals surface area contributed by atoms with Crippen LogP contribution < -0.4 is 0 Å². The Kier molecular flexibility index (Phi) is 3.20. The fourth-order valence-corrected chi connectivity index (χ4v) is 1.32. The van der Waals surface area contributed by atoms with Gasteiger partial charge in [-0.1, -0.05) is 33.1 Å². The lowest BCUT2D eigenvalue weighted by molar-refractivity contribution is 0.350. The predicted octanol–water partition coefficient (Wildman–Crippen LogP) is 2.60. The highest BCUT2D eigenvalue weighted by Gasteiger charge is 2.24. The van der Waals surface area contributed by atoms with Crippen LogP contribution in [0.3, 0.4) is 0 Å². The molecule has 0 radical (unpaired) electrons. The number of hydrogen-bond donors (Lipinski definition) is 0. The summed E-state index contributed by atoms with van der Waals surface area (Å²) in [4.78, 5) is 0. The van der Waals surface area contributed by atoms with Gasteiger partial charge in [0.2, 0.25) is 0 Å². The minimum atomic E-state index is 0.631. The van der Waals surface area contributed by atoms with E-state index in [0.29, 0.717) is 6.10 Å². The third-order valence-electron chi connectivity index (χ3n) is 2.12. The molecule has 0 aromatic carbocycles. The van der Waals surface area contributed by atoms with E-state index >= 15 is 0 Å². The van der Waals surface area contributed by atoms with Crippen molar-refractivity contribution in [1.82, 2.24) is 0 Å². The molecular weight excluding hydrogens is 124 g/mol. The van der Waals surface area contributed by atoms with Gasteiger partial charge in [0.15, 0.2) is 0 Å². The molecule has 1 fully saturated rings. The van der Waals surface area contributed by atoms with Crippen LogP contribution in [0.15, 0.2) is 0 Å². The fourth-order valence-electron chi connectivity index (χ4n) is 1.32. The molecule has 1 aliphatic heterocycles. The molecule has 1 heterocycles. The van der Waals surface area contributed by atoms with Crippen molar-refractivity contribution < 1.29 is 4.74 Å². The van der Waals surface area contributed by atoms with Crippen LogP contribution in [0.2, 0.25) is 0 Å². The van der Waals surface area contributed by atoms with Gasteiger partial charge >= 0.3 is 0 Å². The molecule has 1 unspecified atom stereocenters. The van der Waals surface area contributed by atoms with E-state index in [1.165, 1.54) is 25.7 Å². The van der Waals surface area contributed by atoms with Gasteiger partial charge in [-0.2, -0.15) is 0 Å². The van der Waals surface area contributed by atoms with Crippen LogP contribution in [0.1, 0.15) is 39.5 Å². The SMILES string of the molecule is CCCC[C@@H](C)CC1CO1. The molecule has 0 spiro atoms. The van der Waals surface area contributed by atoms with Gasteiger partial charge in [0.1, 0.15) is 0 Å². The van der Waals surface area contributed by atoms with E-state index in [4.69, 9.17) is 4.74 Å². The third-order valence-corrected chi connectivity index (χ3v) is 2.12. The Bertz CT molecular complexity index is 86.7. The summed E-state index contributed by atoms with van der Waals surface area (Å²) in [6.07, 6.45) is 6.02. The van der Waals surface area contributed by atoms with Crippen molar-refractivity contribution >= 4 is 0 Å². The molecule has 2 atom stereocenters. The smallest absolute Gasteiger partial charge is 0.0812 e. The van der Waals surface area contributed by atoms with Crippen molar-refractivity contribution in [2.45, 2.75) is 45.6 Å². The summed E-state index contributed by atoms with van der Waals surface area (Å²) in [6, 6.07) is 0. The molecule has 0 bridgehead atoms. The number of hydrogen-bond acceptors (Lipinski definition) is 1. The van der Waals surface area contributed by atoms with E-state index in [-0.39, 0.29) is 0 Å². The first-order valence-electron chi connectivity index (χ1n) is 4.44. The maximum absolute atomic E-state index is 5.16. The molecule has 0 amide bonds. The average Bonchev–Trinajstić information content (AvgIpc) is 2.67. The van der Waals surface area contributed by atoms with Crippen LogP contribution in [0.25, 0.3) is 0 Å². The first-order chi connectivity index (χ1) is 4.83. The van der Waals surface area contributed by atoms with Gasteiger partial charge in [-0.15, -0.1) is 0 Å². The molecule has 1 nitrogen and oxygen atoms in total. The summed E-state index contributed by atoms with van der Waals surface area (Å²) < 4.78 is 5.16. The zero-order chi connectivity index (χ0) is 7.40. The summed E-state index contributed by atoms with van der Waals surface area (Å²) in [7, 11) is 0. The van der Waals surface area contributed by atoms with E-state index in [9.17, 15) is 0 Å². The monoisotopic (exact) mass is 142 g/mol. The van der Waals surface area contributed by atoms with Crippen LogP contribution in [-0.4, -0.2) is 12.7 Å². The highest BCUT2D eigenvalue weighted by molar-refractivity contribution is 4.71. The second-order valence-corrected chi connectivity index (χ2v) is 3.44. The summed E-state index contributed by atoms with van der Waals surface area (Å²) in [6.45, 7) is 5.61. The predicted molar refractivity (Wildman–Crippen MR) is 43.0 cm³/mol. The molecule has 10 heavy (non-hydrogen) atoms. The van der Waals surface area contributed by atoms with E-state index in [1.807, 2.05) is 0 Å². The Morgan fingerprint density at radius 2 is 2.30 bits per heavy atom. The number of unbranched alkanes of at least 4 members (excludes halogenated alkanes) is 1. The van der Waals surface area contributed by atoms with E-state index < -0.39 is 0 Å². The number of ether oxygens (including phenoxy) is 1. The van der Waals surface area contributed by atoms with Crippen LogP contribution in [0.5, 0.6) is 0 Å². The highest BCUT2D eigenvalue weighted by atomic mass is 16.6. The van der Waals surface area contributed by atoms with Gasteiger partial charge in [-0.05, 0) is 12.3 Å². The second kappa shape index (κ2) is 3.97. The zero-order valence-electron chi connectivity index (χ0n) is 7.10. The molecule has 0 N–H and O–H groups in total. The van der Waals surface area contributed by atoms with Crippen molar-refractivity contribution in [3.05, 3.63) is 0 Å². The Labute approximate surface area is 63.8 Å². The second-order valence-electron chi connectivity index (χ2n) is 3.44. The van der Waals surface area contributed by atoms with Crippen LogP contribution in [-0.2, 0) is 4.74 Å². The largest absolute Gasteiger partial charge is 0.373 e. The van der Waals surface area contributed by atoms with Crippen molar-refractivity contribution in [3.63, 3.8) is 0 Å². The fraction of sp³-hybridized carbons (Fsp3) is 1.00. The van der Waals surface area contributed by atoms with Crippen LogP contribution in [0, 0.1) is 5.92 Å². The molecule has 1 aliphatic rings. The van der Waals surface area contributed by atoms with Gasteiger partial charge in [0, 0.05) is 0 Å². The maximum atomic E-state index is 5.16. The lowest BCUT2D eigenvalue weighted by Gasteiger charge is -2.06. The zero-order valence-corrected chi connectivity index (χ0v) is 7.10. The lowest BCUT2D eigenvalue weighted by Crippen LogP contribution is -1.98. The van der Waals surface area contributed by atoms with Crippen molar-refractivity contribution in [2.24, 2.45) is 5.92 Å². The highest BCUT2D eigenvalue weighted by Crippen LogP contribution is 2.22. The summed E-state index contributed by atoms with van der Waals surface area (Å²) in [5.41, 5.74) is 0. The first-order valence-corrected chi connectivity index (χ1v) is 4.44. The van der Waals surface area contributed by atoms with Crippen molar-refractivity contribution in [1.29, 1.82) is 0 Å². The molecule has 60 valence electrons. The molecule has 0 aromatic heterocycles. The molecular formula is C9H18O. The Hall–Kier alpha value is -0.0400. The average molecular weight is 142 g/mol. The summed E-state index contributed by atoms with van der Waals surface area (Å²) >= 11 is 0. The van der Waals surface area contributed by atoms with Gasteiger partial charge in [0.25, 0.3) is 0 Å². The Balaban J connectivity index is 1.91. The van der Waals surface area contributed by atoms with Gasteiger partial charge < -0.3 is 4.74 Å². The minimum Gasteiger partial charge on any atom is -0.373 e. The maximum Gasteiger partial charge on any atom is 0.0812 e.